The Labute approximate surface area is 142 Å². The topological polar surface area (TPSA) is 57.4 Å². The number of anilines is 1. The molecule has 1 aliphatic heterocycles. The second-order valence-corrected chi connectivity index (χ2v) is 5.94. The van der Waals surface area contributed by atoms with E-state index in [1.165, 1.54) is 12.1 Å². The Balaban J connectivity index is 1.50. The fourth-order valence-corrected chi connectivity index (χ4v) is 2.90. The molecular weight excluding hydrogens is 335 g/mol. The lowest BCUT2D eigenvalue weighted by Crippen LogP contribution is -2.31. The molecule has 1 aromatic heterocycles. The molecule has 2 N–H and O–H groups in total. The van der Waals surface area contributed by atoms with Crippen molar-refractivity contribution in [3.8, 4) is 5.75 Å². The molecule has 5 nitrogen and oxygen atoms in total. The number of aromatic nitrogens is 1. The van der Waals surface area contributed by atoms with Gasteiger partial charge < -0.3 is 19.9 Å². The summed E-state index contributed by atoms with van der Waals surface area (Å²) >= 11 is 0. The first-order valence-electron chi connectivity index (χ1n) is 7.93. The number of carbonyl (C=O) groups excluding carboxylic acids is 1. The SMILES string of the molecule is O=C(NCC1CCN(c2ccc(OC(F)(F)F)cc2)C1)c1ccc[nH]1. The molecule has 0 spiro atoms. The van der Waals surface area contributed by atoms with E-state index in [0.29, 0.717) is 18.2 Å². The van der Waals surface area contributed by atoms with Gasteiger partial charge in [0, 0.05) is 31.5 Å². The second-order valence-electron chi connectivity index (χ2n) is 5.94. The number of nitrogens with zero attached hydrogens (tertiary/aromatic N) is 1. The first kappa shape index (κ1) is 17.2. The van der Waals surface area contributed by atoms with Gasteiger partial charge in [0.2, 0.25) is 0 Å². The van der Waals surface area contributed by atoms with Gasteiger partial charge >= 0.3 is 6.36 Å². The van der Waals surface area contributed by atoms with Crippen molar-refractivity contribution in [3.63, 3.8) is 0 Å². The van der Waals surface area contributed by atoms with Gasteiger partial charge in [-0.3, -0.25) is 4.79 Å². The van der Waals surface area contributed by atoms with E-state index < -0.39 is 6.36 Å². The Morgan fingerprint density at radius 1 is 1.28 bits per heavy atom. The summed E-state index contributed by atoms with van der Waals surface area (Å²) in [5.74, 6) is -0.0766. The zero-order chi connectivity index (χ0) is 17.9. The molecule has 1 atom stereocenters. The molecule has 8 heteroatoms. The van der Waals surface area contributed by atoms with Gasteiger partial charge in [-0.2, -0.15) is 0 Å². The minimum Gasteiger partial charge on any atom is -0.406 e. The number of nitrogens with one attached hydrogen (secondary N) is 2. The summed E-state index contributed by atoms with van der Waals surface area (Å²) < 4.78 is 40.4. The molecule has 0 bridgehead atoms. The Morgan fingerprint density at radius 3 is 2.68 bits per heavy atom. The molecule has 3 rings (SSSR count). The van der Waals surface area contributed by atoms with Gasteiger partial charge in [-0.15, -0.1) is 13.2 Å². The van der Waals surface area contributed by atoms with Crippen LogP contribution in [0.5, 0.6) is 5.75 Å². The summed E-state index contributed by atoms with van der Waals surface area (Å²) in [4.78, 5) is 16.8. The highest BCUT2D eigenvalue weighted by atomic mass is 19.4. The monoisotopic (exact) mass is 353 g/mol. The summed E-state index contributed by atoms with van der Waals surface area (Å²) in [5, 5.41) is 2.89. The van der Waals surface area contributed by atoms with Gasteiger partial charge in [-0.05, 0) is 48.7 Å². The van der Waals surface area contributed by atoms with Crippen molar-refractivity contribution >= 4 is 11.6 Å². The Bertz CT molecular complexity index is 699. The highest BCUT2D eigenvalue weighted by Crippen LogP contribution is 2.28. The smallest absolute Gasteiger partial charge is 0.406 e. The molecule has 1 saturated heterocycles. The summed E-state index contributed by atoms with van der Waals surface area (Å²) in [5.41, 5.74) is 1.36. The number of ether oxygens (including phenoxy) is 1. The van der Waals surface area contributed by atoms with E-state index in [9.17, 15) is 18.0 Å². The molecule has 0 aliphatic carbocycles. The summed E-state index contributed by atoms with van der Waals surface area (Å²) in [6.45, 7) is 2.09. The maximum atomic E-state index is 12.2. The van der Waals surface area contributed by atoms with Crippen molar-refractivity contribution in [3.05, 3.63) is 48.3 Å². The Morgan fingerprint density at radius 2 is 2.04 bits per heavy atom. The van der Waals surface area contributed by atoms with Crippen LogP contribution in [-0.2, 0) is 0 Å². The van der Waals surface area contributed by atoms with E-state index in [4.69, 9.17) is 0 Å². The lowest BCUT2D eigenvalue weighted by atomic mass is 10.1. The van der Waals surface area contributed by atoms with Crippen molar-refractivity contribution in [1.29, 1.82) is 0 Å². The van der Waals surface area contributed by atoms with E-state index in [2.05, 4.69) is 19.9 Å². The third-order valence-electron chi connectivity index (χ3n) is 4.12. The number of aromatic amines is 1. The molecule has 1 aromatic carbocycles. The normalized spacial score (nSPS) is 17.6. The van der Waals surface area contributed by atoms with Gasteiger partial charge in [0.15, 0.2) is 0 Å². The lowest BCUT2D eigenvalue weighted by molar-refractivity contribution is -0.274. The lowest BCUT2D eigenvalue weighted by Gasteiger charge is -2.19. The van der Waals surface area contributed by atoms with Gasteiger partial charge in [0.05, 0.1) is 0 Å². The fraction of sp³-hybridized carbons (Fsp3) is 0.353. The van der Waals surface area contributed by atoms with Crippen LogP contribution in [0.4, 0.5) is 18.9 Å². The molecule has 134 valence electrons. The van der Waals surface area contributed by atoms with Crippen molar-refractivity contribution in [1.82, 2.24) is 10.3 Å². The van der Waals surface area contributed by atoms with Crippen molar-refractivity contribution in [2.75, 3.05) is 24.5 Å². The number of halogens is 3. The average Bonchev–Trinajstić information content (AvgIpc) is 3.24. The molecule has 1 amide bonds. The first-order valence-corrected chi connectivity index (χ1v) is 7.93. The second kappa shape index (κ2) is 7.08. The number of carbonyl (C=O) groups is 1. The number of alkyl halides is 3. The average molecular weight is 353 g/mol. The van der Waals surface area contributed by atoms with Gasteiger partial charge in [-0.25, -0.2) is 0 Å². The van der Waals surface area contributed by atoms with Crippen LogP contribution in [-0.4, -0.2) is 36.9 Å². The largest absolute Gasteiger partial charge is 0.573 e. The molecule has 2 heterocycles. The Kier molecular flexibility index (Phi) is 4.87. The van der Waals surface area contributed by atoms with E-state index in [1.54, 1.807) is 30.5 Å². The van der Waals surface area contributed by atoms with Crippen molar-refractivity contribution in [2.24, 2.45) is 5.92 Å². The minimum atomic E-state index is -4.68. The van der Waals surface area contributed by atoms with E-state index in [-0.39, 0.29) is 11.7 Å². The third kappa shape index (κ3) is 4.68. The summed E-state index contributed by atoms with van der Waals surface area (Å²) in [7, 11) is 0. The van der Waals surface area contributed by atoms with Gasteiger partial charge in [-0.1, -0.05) is 0 Å². The summed E-state index contributed by atoms with van der Waals surface area (Å²) in [6.07, 6.45) is -2.08. The van der Waals surface area contributed by atoms with Crippen LogP contribution in [0.15, 0.2) is 42.6 Å². The predicted molar refractivity (Wildman–Crippen MR) is 86.6 cm³/mol. The third-order valence-corrected chi connectivity index (χ3v) is 4.12. The van der Waals surface area contributed by atoms with E-state index in [1.807, 2.05) is 0 Å². The van der Waals surface area contributed by atoms with Gasteiger partial charge in [0.25, 0.3) is 5.91 Å². The highest BCUT2D eigenvalue weighted by molar-refractivity contribution is 5.92. The van der Waals surface area contributed by atoms with Crippen LogP contribution in [0.3, 0.4) is 0 Å². The molecule has 1 unspecified atom stereocenters. The molecule has 1 fully saturated rings. The van der Waals surface area contributed by atoms with Gasteiger partial charge in [0.1, 0.15) is 11.4 Å². The number of hydrogen-bond donors (Lipinski definition) is 2. The van der Waals surface area contributed by atoms with Crippen LogP contribution >= 0.6 is 0 Å². The molecular formula is C17H18F3N3O2. The van der Waals surface area contributed by atoms with Crippen LogP contribution < -0.4 is 15.0 Å². The van der Waals surface area contributed by atoms with Crippen LogP contribution in [0.1, 0.15) is 16.9 Å². The summed E-state index contributed by atoms with van der Waals surface area (Å²) in [6, 6.07) is 9.31. The number of benzene rings is 1. The Hall–Kier alpha value is -2.64. The molecule has 25 heavy (non-hydrogen) atoms. The van der Waals surface area contributed by atoms with Crippen LogP contribution in [0, 0.1) is 5.92 Å². The van der Waals surface area contributed by atoms with Crippen molar-refractivity contribution in [2.45, 2.75) is 12.8 Å². The van der Waals surface area contributed by atoms with E-state index >= 15 is 0 Å². The number of hydrogen-bond acceptors (Lipinski definition) is 3. The van der Waals surface area contributed by atoms with Crippen molar-refractivity contribution < 1.29 is 22.7 Å². The molecule has 0 saturated carbocycles. The molecule has 1 aliphatic rings. The molecule has 2 aromatic rings. The number of rotatable bonds is 5. The fourth-order valence-electron chi connectivity index (χ4n) is 2.90. The highest BCUT2D eigenvalue weighted by Gasteiger charge is 2.31. The standard InChI is InChI=1S/C17H18F3N3O2/c18-17(19,20)25-14-5-3-13(4-6-14)23-9-7-12(11-23)10-22-16(24)15-2-1-8-21-15/h1-6,8,12,21H,7,9-11H2,(H,22,24). The van der Waals surface area contributed by atoms with Crippen LogP contribution in [0.2, 0.25) is 0 Å². The molecule has 0 radical (unpaired) electrons. The first-order chi connectivity index (χ1) is 11.9. The van der Waals surface area contributed by atoms with Crippen LogP contribution in [0.25, 0.3) is 0 Å². The maximum absolute atomic E-state index is 12.2. The number of H-pyrrole nitrogens is 1. The number of amides is 1. The van der Waals surface area contributed by atoms with E-state index in [0.717, 1.165) is 25.2 Å². The maximum Gasteiger partial charge on any atom is 0.573 e. The quantitative estimate of drug-likeness (QED) is 0.868. The zero-order valence-electron chi connectivity index (χ0n) is 13.3. The zero-order valence-corrected chi connectivity index (χ0v) is 13.3. The predicted octanol–water partition coefficient (Wildman–Crippen LogP) is 3.17. The minimum absolute atomic E-state index is 0.142.